The first-order chi connectivity index (χ1) is 8.99. The Kier molecular flexibility index (Phi) is 4.30. The van der Waals surface area contributed by atoms with Crippen molar-refractivity contribution in [3.8, 4) is 0 Å². The highest BCUT2D eigenvalue weighted by Crippen LogP contribution is 2.21. The lowest BCUT2D eigenvalue weighted by Crippen LogP contribution is -2.25. The second-order valence-corrected chi connectivity index (χ2v) is 7.55. The van der Waals surface area contributed by atoms with Gasteiger partial charge in [0.2, 0.25) is 10.0 Å². The van der Waals surface area contributed by atoms with Gasteiger partial charge in [-0.2, -0.15) is 0 Å². The molecule has 0 aliphatic carbocycles. The van der Waals surface area contributed by atoms with Gasteiger partial charge in [0.25, 0.3) is 0 Å². The fourth-order valence-corrected chi connectivity index (χ4v) is 4.16. The lowest BCUT2D eigenvalue weighted by molar-refractivity contribution is 0.0702. The molecule has 0 aliphatic heterocycles. The van der Waals surface area contributed by atoms with Gasteiger partial charge in [-0.1, -0.05) is 0 Å². The molecule has 2 heterocycles. The van der Waals surface area contributed by atoms with Crippen LogP contribution in [0.1, 0.15) is 14.7 Å². The van der Waals surface area contributed by atoms with Crippen LogP contribution in [0, 0.1) is 0 Å². The fraction of sp³-hybridized carbons (Fsp3) is 0.200. The Bertz CT molecular complexity index is 661. The van der Waals surface area contributed by atoms with Crippen LogP contribution in [0.4, 0.5) is 0 Å². The average molecular weight is 318 g/mol. The Morgan fingerprint density at radius 2 is 2.21 bits per heavy atom. The van der Waals surface area contributed by atoms with Gasteiger partial charge < -0.3 is 5.11 Å². The lowest BCUT2D eigenvalue weighted by Gasteiger charge is -2.02. The van der Waals surface area contributed by atoms with Crippen LogP contribution in [-0.2, 0) is 16.4 Å². The molecule has 0 spiro atoms. The number of carboxylic acid groups (broad SMARTS) is 1. The van der Waals surface area contributed by atoms with Gasteiger partial charge in [-0.05, 0) is 12.1 Å². The standard InChI is InChI=1S/C10H10N2O4S3/c13-10(14)7-1-2-9(18-7)19(15,16)12-4-3-8-11-5-6-17-8/h1-2,5-6,12H,3-4H2,(H,13,14). The normalized spacial score (nSPS) is 11.6. The second kappa shape index (κ2) is 5.78. The van der Waals surface area contributed by atoms with Crippen LogP contribution in [0.3, 0.4) is 0 Å². The molecule has 0 radical (unpaired) electrons. The number of carboxylic acids is 1. The van der Waals surface area contributed by atoms with Crippen molar-refractivity contribution < 1.29 is 18.3 Å². The van der Waals surface area contributed by atoms with Crippen molar-refractivity contribution in [2.75, 3.05) is 6.54 Å². The van der Waals surface area contributed by atoms with Gasteiger partial charge in [-0.25, -0.2) is 22.9 Å². The summed E-state index contributed by atoms with van der Waals surface area (Å²) in [5.74, 6) is -1.13. The molecular formula is C10H10N2O4S3. The van der Waals surface area contributed by atoms with E-state index in [-0.39, 0.29) is 15.6 Å². The number of aromatic nitrogens is 1. The van der Waals surface area contributed by atoms with Crippen molar-refractivity contribution in [1.29, 1.82) is 0 Å². The molecule has 9 heteroatoms. The monoisotopic (exact) mass is 318 g/mol. The predicted octanol–water partition coefficient (Wildman–Crippen LogP) is 1.42. The number of hydrogen-bond donors (Lipinski definition) is 2. The molecule has 0 bridgehead atoms. The van der Waals surface area contributed by atoms with Crippen molar-refractivity contribution in [2.45, 2.75) is 10.6 Å². The maximum absolute atomic E-state index is 11.9. The number of sulfonamides is 1. The van der Waals surface area contributed by atoms with Crippen LogP contribution in [0.25, 0.3) is 0 Å². The number of rotatable bonds is 6. The van der Waals surface area contributed by atoms with E-state index in [4.69, 9.17) is 5.11 Å². The van der Waals surface area contributed by atoms with E-state index in [9.17, 15) is 13.2 Å². The molecule has 2 aromatic rings. The molecule has 0 atom stereocenters. The molecule has 2 aromatic heterocycles. The van der Waals surface area contributed by atoms with Gasteiger partial charge >= 0.3 is 5.97 Å². The van der Waals surface area contributed by atoms with Crippen LogP contribution in [-0.4, -0.2) is 31.0 Å². The summed E-state index contributed by atoms with van der Waals surface area (Å²) in [6.45, 7) is 0.232. The summed E-state index contributed by atoms with van der Waals surface area (Å²) in [4.78, 5) is 14.7. The highest BCUT2D eigenvalue weighted by molar-refractivity contribution is 7.91. The zero-order chi connectivity index (χ0) is 13.9. The summed E-state index contributed by atoms with van der Waals surface area (Å²) in [6, 6.07) is 2.57. The van der Waals surface area contributed by atoms with E-state index >= 15 is 0 Å². The Morgan fingerprint density at radius 3 is 2.79 bits per heavy atom. The Morgan fingerprint density at radius 1 is 1.42 bits per heavy atom. The molecule has 0 unspecified atom stereocenters. The number of nitrogens with zero attached hydrogens (tertiary/aromatic N) is 1. The van der Waals surface area contributed by atoms with Crippen LogP contribution >= 0.6 is 22.7 Å². The molecule has 0 aromatic carbocycles. The van der Waals surface area contributed by atoms with E-state index in [0.717, 1.165) is 16.3 Å². The van der Waals surface area contributed by atoms with Crippen molar-refractivity contribution in [3.05, 3.63) is 33.6 Å². The number of hydrogen-bond acceptors (Lipinski definition) is 6. The predicted molar refractivity (Wildman–Crippen MR) is 72.3 cm³/mol. The minimum Gasteiger partial charge on any atom is -0.477 e. The van der Waals surface area contributed by atoms with E-state index in [2.05, 4.69) is 9.71 Å². The number of aromatic carboxylic acids is 1. The van der Waals surface area contributed by atoms with Gasteiger partial charge in [0.15, 0.2) is 0 Å². The van der Waals surface area contributed by atoms with Crippen LogP contribution < -0.4 is 4.72 Å². The molecule has 0 saturated carbocycles. The third-order valence-electron chi connectivity index (χ3n) is 2.17. The SMILES string of the molecule is O=C(O)c1ccc(S(=O)(=O)NCCc2nccs2)s1. The maximum atomic E-state index is 11.9. The van der Waals surface area contributed by atoms with E-state index < -0.39 is 16.0 Å². The van der Waals surface area contributed by atoms with Gasteiger partial charge in [-0.15, -0.1) is 22.7 Å². The first-order valence-corrected chi connectivity index (χ1v) is 8.38. The van der Waals surface area contributed by atoms with Crippen LogP contribution in [0.2, 0.25) is 0 Å². The molecule has 0 aliphatic rings. The van der Waals surface area contributed by atoms with Crippen LogP contribution in [0.5, 0.6) is 0 Å². The second-order valence-electron chi connectivity index (χ2n) is 3.50. The van der Waals surface area contributed by atoms with Crippen LogP contribution in [0.15, 0.2) is 27.9 Å². The van der Waals surface area contributed by atoms with Crippen molar-refractivity contribution in [2.24, 2.45) is 0 Å². The van der Waals surface area contributed by atoms with Gasteiger partial charge in [0, 0.05) is 24.5 Å². The summed E-state index contributed by atoms with van der Waals surface area (Å²) < 4.78 is 26.2. The van der Waals surface area contributed by atoms with Crippen molar-refractivity contribution >= 4 is 38.7 Å². The molecule has 6 nitrogen and oxygen atoms in total. The van der Waals surface area contributed by atoms with Gasteiger partial charge in [0.05, 0.1) is 5.01 Å². The quantitative estimate of drug-likeness (QED) is 0.840. The number of nitrogens with one attached hydrogen (secondary N) is 1. The topological polar surface area (TPSA) is 96.4 Å². The fourth-order valence-electron chi connectivity index (χ4n) is 1.32. The minimum atomic E-state index is -3.64. The molecule has 19 heavy (non-hydrogen) atoms. The number of thiophene rings is 1. The molecule has 0 saturated heterocycles. The zero-order valence-electron chi connectivity index (χ0n) is 9.57. The molecular weight excluding hydrogens is 308 g/mol. The van der Waals surface area contributed by atoms with Gasteiger partial charge in [0.1, 0.15) is 9.09 Å². The summed E-state index contributed by atoms with van der Waals surface area (Å²) >= 11 is 2.19. The highest BCUT2D eigenvalue weighted by atomic mass is 32.2. The lowest BCUT2D eigenvalue weighted by atomic mass is 10.5. The molecule has 2 rings (SSSR count). The van der Waals surface area contributed by atoms with E-state index in [1.165, 1.54) is 23.5 Å². The van der Waals surface area contributed by atoms with Crippen molar-refractivity contribution in [1.82, 2.24) is 9.71 Å². The average Bonchev–Trinajstić information content (AvgIpc) is 2.99. The van der Waals surface area contributed by atoms with E-state index in [0.29, 0.717) is 6.42 Å². The first-order valence-electron chi connectivity index (χ1n) is 5.20. The molecule has 0 amide bonds. The first kappa shape index (κ1) is 14.1. The van der Waals surface area contributed by atoms with Crippen molar-refractivity contribution in [3.63, 3.8) is 0 Å². The van der Waals surface area contributed by atoms with E-state index in [1.807, 2.05) is 5.38 Å². The summed E-state index contributed by atoms with van der Waals surface area (Å²) in [5, 5.41) is 11.4. The van der Waals surface area contributed by atoms with E-state index in [1.54, 1.807) is 6.20 Å². The molecule has 2 N–H and O–H groups in total. The largest absolute Gasteiger partial charge is 0.477 e. The van der Waals surface area contributed by atoms with Gasteiger partial charge in [-0.3, -0.25) is 0 Å². The third kappa shape index (κ3) is 3.60. The molecule has 102 valence electrons. The Labute approximate surface area is 117 Å². The highest BCUT2D eigenvalue weighted by Gasteiger charge is 2.18. The Balaban J connectivity index is 1.99. The summed E-state index contributed by atoms with van der Waals surface area (Å²) in [5.41, 5.74) is 0. The number of carbonyl (C=O) groups is 1. The minimum absolute atomic E-state index is 0.000276. The summed E-state index contributed by atoms with van der Waals surface area (Å²) in [7, 11) is -3.64. The maximum Gasteiger partial charge on any atom is 0.345 e. The number of thiazole rings is 1. The summed E-state index contributed by atoms with van der Waals surface area (Å²) in [6.07, 6.45) is 2.17. The smallest absolute Gasteiger partial charge is 0.345 e. The molecule has 0 fully saturated rings. The Hall–Kier alpha value is -1.29. The zero-order valence-corrected chi connectivity index (χ0v) is 12.0. The third-order valence-corrected chi connectivity index (χ3v) is 6.04.